The normalized spacial score (nSPS) is 17.4. The number of halogens is 2. The van der Waals surface area contributed by atoms with Gasteiger partial charge in [0.05, 0.1) is 17.6 Å². The number of carbonyl (C=O) groups is 3. The Morgan fingerprint density at radius 3 is 2.25 bits per heavy atom. The molecular formula is C27H26ClFN2O5. The number of nitrogens with one attached hydrogen (secondary N) is 2. The maximum Gasteiger partial charge on any atom is 0.306 e. The molecule has 1 fully saturated rings. The van der Waals surface area contributed by atoms with Crippen LogP contribution in [0.15, 0.2) is 54.6 Å². The first-order valence-electron chi connectivity index (χ1n) is 11.7. The maximum absolute atomic E-state index is 14.5. The lowest BCUT2D eigenvalue weighted by Gasteiger charge is -2.26. The third-order valence-corrected chi connectivity index (χ3v) is 6.51. The van der Waals surface area contributed by atoms with Crippen LogP contribution in [0.4, 0.5) is 4.39 Å². The number of rotatable bonds is 8. The Balaban J connectivity index is 1.24. The zero-order valence-corrected chi connectivity index (χ0v) is 20.2. The van der Waals surface area contributed by atoms with Gasteiger partial charge in [-0.25, -0.2) is 4.39 Å². The number of ether oxygens (including phenoxy) is 1. The van der Waals surface area contributed by atoms with Gasteiger partial charge < -0.3 is 20.5 Å². The molecule has 3 aromatic carbocycles. The van der Waals surface area contributed by atoms with Crippen molar-refractivity contribution in [2.75, 3.05) is 13.1 Å². The molecule has 3 aromatic rings. The second-order valence-electron chi connectivity index (χ2n) is 8.79. The lowest BCUT2D eigenvalue weighted by atomic mass is 9.87. The number of carbonyl (C=O) groups excluding carboxylic acids is 2. The molecule has 0 heterocycles. The summed E-state index contributed by atoms with van der Waals surface area (Å²) < 4.78 is 20.3. The third kappa shape index (κ3) is 6.31. The van der Waals surface area contributed by atoms with Gasteiger partial charge in [-0.2, -0.15) is 0 Å². The summed E-state index contributed by atoms with van der Waals surface area (Å²) in [7, 11) is 0. The Morgan fingerprint density at radius 1 is 0.889 bits per heavy atom. The highest BCUT2D eigenvalue weighted by Crippen LogP contribution is 2.28. The van der Waals surface area contributed by atoms with Crippen LogP contribution in [-0.4, -0.2) is 42.1 Å². The maximum atomic E-state index is 14.5. The molecule has 9 heteroatoms. The van der Waals surface area contributed by atoms with Crippen LogP contribution in [0.2, 0.25) is 5.02 Å². The third-order valence-electron chi connectivity index (χ3n) is 6.27. The van der Waals surface area contributed by atoms with E-state index in [9.17, 15) is 18.8 Å². The molecule has 0 unspecified atom stereocenters. The second kappa shape index (κ2) is 11.4. The van der Waals surface area contributed by atoms with Crippen LogP contribution in [0.25, 0.3) is 10.8 Å². The molecule has 36 heavy (non-hydrogen) atoms. The summed E-state index contributed by atoms with van der Waals surface area (Å²) in [4.78, 5) is 35.9. The number of fused-ring (bicyclic) bond motifs is 1. The van der Waals surface area contributed by atoms with E-state index in [1.807, 2.05) is 18.2 Å². The molecule has 0 aromatic heterocycles. The van der Waals surface area contributed by atoms with Gasteiger partial charge in [0.15, 0.2) is 0 Å². The number of benzene rings is 3. The summed E-state index contributed by atoms with van der Waals surface area (Å²) in [5, 5.41) is 16.8. The van der Waals surface area contributed by atoms with Crippen LogP contribution >= 0.6 is 11.6 Å². The molecule has 1 aliphatic rings. The molecule has 188 valence electrons. The monoisotopic (exact) mass is 512 g/mol. The summed E-state index contributed by atoms with van der Waals surface area (Å²) in [5.41, 5.74) is 0.352. The number of aliphatic carboxylic acids is 1. The molecular weight excluding hydrogens is 487 g/mol. The predicted molar refractivity (Wildman–Crippen MR) is 134 cm³/mol. The van der Waals surface area contributed by atoms with Gasteiger partial charge in [-0.3, -0.25) is 14.4 Å². The number of hydrogen-bond donors (Lipinski definition) is 3. The van der Waals surface area contributed by atoms with E-state index < -0.39 is 17.7 Å². The predicted octanol–water partition coefficient (Wildman–Crippen LogP) is 4.81. The lowest BCUT2D eigenvalue weighted by Crippen LogP contribution is -2.35. The average Bonchev–Trinajstić information content (AvgIpc) is 2.86. The first-order chi connectivity index (χ1) is 17.3. The van der Waals surface area contributed by atoms with Crippen molar-refractivity contribution in [3.63, 3.8) is 0 Å². The first-order valence-corrected chi connectivity index (χ1v) is 12.1. The van der Waals surface area contributed by atoms with Gasteiger partial charge in [0.25, 0.3) is 11.8 Å². The van der Waals surface area contributed by atoms with E-state index in [0.29, 0.717) is 42.0 Å². The SMILES string of the molecule is O=C(NCCNC(=O)c1ccc(OC2CCC(C(=O)O)CC2)cc1F)c1ccc2cc(Cl)ccc2c1. The molecule has 0 aliphatic heterocycles. The molecule has 2 amide bonds. The van der Waals surface area contributed by atoms with Crippen molar-refractivity contribution in [1.82, 2.24) is 10.6 Å². The highest BCUT2D eigenvalue weighted by Gasteiger charge is 2.27. The highest BCUT2D eigenvalue weighted by atomic mass is 35.5. The quantitative estimate of drug-likeness (QED) is 0.375. The van der Waals surface area contributed by atoms with Gasteiger partial charge in [0.1, 0.15) is 11.6 Å². The molecule has 1 saturated carbocycles. The minimum Gasteiger partial charge on any atom is -0.490 e. The van der Waals surface area contributed by atoms with Gasteiger partial charge in [-0.05, 0) is 72.9 Å². The van der Waals surface area contributed by atoms with Crippen molar-refractivity contribution in [3.05, 3.63) is 76.6 Å². The van der Waals surface area contributed by atoms with Gasteiger partial charge in [0.2, 0.25) is 0 Å². The average molecular weight is 513 g/mol. The molecule has 0 bridgehead atoms. The Hall–Kier alpha value is -3.65. The Labute approximate surface area is 212 Å². The van der Waals surface area contributed by atoms with Crippen LogP contribution in [0, 0.1) is 11.7 Å². The summed E-state index contributed by atoms with van der Waals surface area (Å²) in [6, 6.07) is 14.7. The largest absolute Gasteiger partial charge is 0.490 e. The fourth-order valence-electron chi connectivity index (χ4n) is 4.28. The number of hydrogen-bond acceptors (Lipinski definition) is 4. The lowest BCUT2D eigenvalue weighted by molar-refractivity contribution is -0.143. The minimum atomic E-state index is -0.797. The number of amides is 2. The van der Waals surface area contributed by atoms with Crippen LogP contribution in [0.1, 0.15) is 46.4 Å². The Morgan fingerprint density at radius 2 is 1.56 bits per heavy atom. The van der Waals surface area contributed by atoms with E-state index in [1.54, 1.807) is 18.2 Å². The molecule has 4 rings (SSSR count). The van der Waals surface area contributed by atoms with Crippen molar-refractivity contribution in [3.8, 4) is 5.75 Å². The smallest absolute Gasteiger partial charge is 0.306 e. The topological polar surface area (TPSA) is 105 Å². The Kier molecular flexibility index (Phi) is 8.05. The van der Waals surface area contributed by atoms with Gasteiger partial charge in [0, 0.05) is 29.7 Å². The molecule has 0 spiro atoms. The standard InChI is InChI=1S/C27H26ClFN2O5/c28-20-6-3-17-13-19(2-1-18(17)14-20)25(32)30-11-12-31-26(33)23-10-9-22(15-24(23)29)36-21-7-4-16(5-8-21)27(34)35/h1-3,6,9-10,13-16,21H,4-5,7-8,11-12H2,(H,30,32)(H,31,33)(H,34,35). The zero-order chi connectivity index (χ0) is 25.7. The summed E-state index contributed by atoms with van der Waals surface area (Å²) in [6.45, 7) is 0.295. The van der Waals surface area contributed by atoms with Crippen molar-refractivity contribution < 1.29 is 28.6 Å². The van der Waals surface area contributed by atoms with Crippen LogP contribution in [-0.2, 0) is 4.79 Å². The first kappa shape index (κ1) is 25.4. The fourth-order valence-corrected chi connectivity index (χ4v) is 4.46. The van der Waals surface area contributed by atoms with Crippen molar-refractivity contribution >= 4 is 40.2 Å². The van der Waals surface area contributed by atoms with Crippen molar-refractivity contribution in [2.24, 2.45) is 5.92 Å². The molecule has 3 N–H and O–H groups in total. The van der Waals surface area contributed by atoms with E-state index in [2.05, 4.69) is 10.6 Å². The van der Waals surface area contributed by atoms with E-state index in [1.165, 1.54) is 12.1 Å². The highest BCUT2D eigenvalue weighted by molar-refractivity contribution is 6.31. The van der Waals surface area contributed by atoms with E-state index in [0.717, 1.165) is 16.8 Å². The van der Waals surface area contributed by atoms with Crippen LogP contribution in [0.3, 0.4) is 0 Å². The van der Waals surface area contributed by atoms with Crippen molar-refractivity contribution in [2.45, 2.75) is 31.8 Å². The zero-order valence-electron chi connectivity index (χ0n) is 19.4. The fraction of sp³-hybridized carbons (Fsp3) is 0.296. The minimum absolute atomic E-state index is 0.123. The Bertz CT molecular complexity index is 1290. The van der Waals surface area contributed by atoms with E-state index in [-0.39, 0.29) is 36.6 Å². The molecule has 0 radical (unpaired) electrons. The number of carboxylic acid groups (broad SMARTS) is 1. The second-order valence-corrected chi connectivity index (χ2v) is 9.23. The summed E-state index contributed by atoms with van der Waals surface area (Å²) in [5.74, 6) is -2.46. The van der Waals surface area contributed by atoms with Gasteiger partial charge >= 0.3 is 5.97 Å². The van der Waals surface area contributed by atoms with Crippen molar-refractivity contribution in [1.29, 1.82) is 0 Å². The van der Waals surface area contributed by atoms with E-state index in [4.69, 9.17) is 21.4 Å². The van der Waals surface area contributed by atoms with Crippen LogP contribution < -0.4 is 15.4 Å². The molecule has 7 nitrogen and oxygen atoms in total. The summed E-state index contributed by atoms with van der Waals surface area (Å²) in [6.07, 6.45) is 2.04. The molecule has 0 saturated heterocycles. The van der Waals surface area contributed by atoms with Gasteiger partial charge in [-0.1, -0.05) is 23.7 Å². The van der Waals surface area contributed by atoms with E-state index >= 15 is 0 Å². The van der Waals surface area contributed by atoms with Crippen LogP contribution in [0.5, 0.6) is 5.75 Å². The molecule has 1 aliphatic carbocycles. The molecule has 0 atom stereocenters. The van der Waals surface area contributed by atoms with Gasteiger partial charge in [-0.15, -0.1) is 0 Å². The number of carboxylic acids is 1. The summed E-state index contributed by atoms with van der Waals surface area (Å²) >= 11 is 5.99.